The van der Waals surface area contributed by atoms with Crippen molar-refractivity contribution < 1.29 is 9.53 Å². The van der Waals surface area contributed by atoms with E-state index in [0.717, 1.165) is 46.3 Å². The first-order chi connectivity index (χ1) is 16.0. The number of fused-ring (bicyclic) bond motifs is 1. The van der Waals surface area contributed by atoms with Gasteiger partial charge in [-0.1, -0.05) is 25.3 Å². The Balaban J connectivity index is 1.47. The van der Waals surface area contributed by atoms with Crippen LogP contribution in [0.5, 0.6) is 5.75 Å². The van der Waals surface area contributed by atoms with Gasteiger partial charge in [0.1, 0.15) is 10.8 Å². The smallest absolute Gasteiger partial charge is 0.283 e. The summed E-state index contributed by atoms with van der Waals surface area (Å²) in [5, 5.41) is 16.4. The number of rotatable bonds is 4. The number of hydrazone groups is 1. The fourth-order valence-electron chi connectivity index (χ4n) is 4.76. The molecule has 0 unspecified atom stereocenters. The van der Waals surface area contributed by atoms with E-state index in [4.69, 9.17) is 15.2 Å². The minimum Gasteiger partial charge on any atom is -0.497 e. The van der Waals surface area contributed by atoms with Gasteiger partial charge in [-0.05, 0) is 68.3 Å². The molecule has 170 valence electrons. The van der Waals surface area contributed by atoms with Gasteiger partial charge in [-0.3, -0.25) is 10.2 Å². The number of aliphatic imine (C=N–C) groups is 1. The summed E-state index contributed by atoms with van der Waals surface area (Å²) < 4.78 is 7.49. The number of amidine groups is 2. The first-order valence-electron chi connectivity index (χ1n) is 11.3. The van der Waals surface area contributed by atoms with E-state index in [1.54, 1.807) is 13.2 Å². The summed E-state index contributed by atoms with van der Waals surface area (Å²) in [6.45, 7) is 4.03. The molecule has 2 aromatic rings. The molecule has 1 aromatic carbocycles. The maximum atomic E-state index is 12.9. The van der Waals surface area contributed by atoms with E-state index >= 15 is 0 Å². The molecule has 3 aliphatic rings. The van der Waals surface area contributed by atoms with E-state index < -0.39 is 0 Å². The van der Waals surface area contributed by atoms with Gasteiger partial charge in [0, 0.05) is 29.1 Å². The van der Waals surface area contributed by atoms with Crippen LogP contribution in [0.25, 0.3) is 11.8 Å². The van der Waals surface area contributed by atoms with Crippen LogP contribution in [0, 0.1) is 25.2 Å². The zero-order valence-electron chi connectivity index (χ0n) is 19.1. The van der Waals surface area contributed by atoms with Gasteiger partial charge in [-0.15, -0.1) is 0 Å². The zero-order valence-corrected chi connectivity index (χ0v) is 19.9. The third-order valence-electron chi connectivity index (χ3n) is 6.51. The van der Waals surface area contributed by atoms with Crippen molar-refractivity contribution in [2.45, 2.75) is 46.0 Å². The number of benzene rings is 1. The molecule has 1 aromatic heterocycles. The van der Waals surface area contributed by atoms with Crippen LogP contribution >= 0.6 is 11.8 Å². The van der Waals surface area contributed by atoms with E-state index in [-0.39, 0.29) is 17.3 Å². The molecule has 1 aliphatic carbocycles. The van der Waals surface area contributed by atoms with Crippen LogP contribution in [0.1, 0.15) is 49.1 Å². The van der Waals surface area contributed by atoms with Crippen LogP contribution in [0.3, 0.4) is 0 Å². The molecule has 33 heavy (non-hydrogen) atoms. The van der Waals surface area contributed by atoms with E-state index in [2.05, 4.69) is 9.56 Å². The normalized spacial score (nSPS) is 20.2. The van der Waals surface area contributed by atoms with Crippen molar-refractivity contribution in [2.24, 2.45) is 16.0 Å². The van der Waals surface area contributed by atoms with Gasteiger partial charge in [0.05, 0.1) is 12.7 Å². The monoisotopic (exact) mass is 461 g/mol. The average molecular weight is 462 g/mol. The van der Waals surface area contributed by atoms with Gasteiger partial charge in [-0.25, -0.2) is 0 Å². The molecule has 7 nitrogen and oxygen atoms in total. The highest BCUT2D eigenvalue weighted by atomic mass is 32.2. The predicted molar refractivity (Wildman–Crippen MR) is 133 cm³/mol. The SMILES string of the molecule is COc1cccc(-n2c(C)cc(/C=C3\C(=N)N4N=C(C5CCCCC5)SC4=NC3=O)c2C)c1. The molecule has 8 heteroatoms. The topological polar surface area (TPSA) is 83.0 Å². The Hall–Kier alpha value is -3.13. The molecule has 1 fully saturated rings. The van der Waals surface area contributed by atoms with Crippen LogP contribution < -0.4 is 4.74 Å². The van der Waals surface area contributed by atoms with Gasteiger partial charge in [0.2, 0.25) is 5.17 Å². The Kier molecular flexibility index (Phi) is 5.70. The number of aromatic nitrogens is 1. The fraction of sp³-hybridized carbons (Fsp3) is 0.360. The number of methoxy groups -OCH3 is 1. The Morgan fingerprint density at radius 2 is 1.97 bits per heavy atom. The number of carbonyl (C=O) groups excluding carboxylic acids is 1. The van der Waals surface area contributed by atoms with E-state index in [1.807, 2.05) is 44.2 Å². The van der Waals surface area contributed by atoms with Crippen LogP contribution in [0.4, 0.5) is 0 Å². The highest BCUT2D eigenvalue weighted by Crippen LogP contribution is 2.36. The highest BCUT2D eigenvalue weighted by Gasteiger charge is 2.38. The second-order valence-corrected chi connectivity index (χ2v) is 9.64. The van der Waals surface area contributed by atoms with Crippen molar-refractivity contribution in [3.63, 3.8) is 0 Å². The highest BCUT2D eigenvalue weighted by molar-refractivity contribution is 8.27. The minimum absolute atomic E-state index is 0.0921. The van der Waals surface area contributed by atoms with Crippen molar-refractivity contribution in [3.8, 4) is 11.4 Å². The molecule has 1 amide bonds. The molecular formula is C25H27N5O2S. The van der Waals surface area contributed by atoms with Crippen LogP contribution in [-0.4, -0.2) is 38.6 Å². The van der Waals surface area contributed by atoms with Crippen molar-refractivity contribution >= 4 is 39.8 Å². The lowest BCUT2D eigenvalue weighted by atomic mass is 9.90. The number of nitrogens with zero attached hydrogens (tertiary/aromatic N) is 4. The number of amides is 1. The number of thioether (sulfide) groups is 1. The number of carbonyl (C=O) groups is 1. The average Bonchev–Trinajstić information content (AvgIpc) is 3.37. The molecular weight excluding hydrogens is 434 g/mol. The second-order valence-electron chi connectivity index (χ2n) is 8.66. The van der Waals surface area contributed by atoms with Gasteiger partial charge >= 0.3 is 0 Å². The van der Waals surface area contributed by atoms with Crippen LogP contribution in [0.2, 0.25) is 0 Å². The summed E-state index contributed by atoms with van der Waals surface area (Å²) in [7, 11) is 1.65. The molecule has 3 heterocycles. The summed E-state index contributed by atoms with van der Waals surface area (Å²) >= 11 is 1.45. The lowest BCUT2D eigenvalue weighted by Gasteiger charge is -2.20. The molecule has 2 aliphatic heterocycles. The number of nitrogens with one attached hydrogen (secondary N) is 1. The van der Waals surface area contributed by atoms with Crippen LogP contribution in [0.15, 0.2) is 46.0 Å². The lowest BCUT2D eigenvalue weighted by molar-refractivity contribution is -0.114. The maximum Gasteiger partial charge on any atom is 0.283 e. The third-order valence-corrected chi connectivity index (χ3v) is 7.58. The molecule has 1 N–H and O–H groups in total. The lowest BCUT2D eigenvalue weighted by Crippen LogP contribution is -2.35. The van der Waals surface area contributed by atoms with Crippen molar-refractivity contribution in [1.82, 2.24) is 9.58 Å². The molecule has 1 saturated carbocycles. The van der Waals surface area contributed by atoms with E-state index in [1.165, 1.54) is 36.0 Å². The number of aryl methyl sites for hydroxylation is 1. The predicted octanol–water partition coefficient (Wildman–Crippen LogP) is 5.30. The minimum atomic E-state index is -0.384. The van der Waals surface area contributed by atoms with E-state index in [9.17, 15) is 4.79 Å². The van der Waals surface area contributed by atoms with Gasteiger partial charge in [0.25, 0.3) is 5.91 Å². The van der Waals surface area contributed by atoms with Crippen molar-refractivity contribution in [1.29, 1.82) is 5.41 Å². The Bertz CT molecular complexity index is 1230. The second kappa shape index (κ2) is 8.67. The van der Waals surface area contributed by atoms with Gasteiger partial charge < -0.3 is 9.30 Å². The third kappa shape index (κ3) is 3.93. The molecule has 0 bridgehead atoms. The first-order valence-corrected chi connectivity index (χ1v) is 12.1. The summed E-state index contributed by atoms with van der Waals surface area (Å²) in [4.78, 5) is 17.2. The number of hydrogen-bond donors (Lipinski definition) is 1. The fourth-order valence-corrected chi connectivity index (χ4v) is 5.82. The molecule has 5 rings (SSSR count). The quantitative estimate of drug-likeness (QED) is 0.626. The van der Waals surface area contributed by atoms with E-state index in [0.29, 0.717) is 11.1 Å². The Morgan fingerprint density at radius 1 is 1.18 bits per heavy atom. The largest absolute Gasteiger partial charge is 0.497 e. The maximum absolute atomic E-state index is 12.9. The number of ether oxygens (including phenoxy) is 1. The summed E-state index contributed by atoms with van der Waals surface area (Å²) in [5.41, 5.74) is 4.13. The zero-order chi connectivity index (χ0) is 23.1. The van der Waals surface area contributed by atoms with Gasteiger partial charge in [0.15, 0.2) is 5.84 Å². The molecule has 0 atom stereocenters. The molecule has 0 spiro atoms. The standard InChI is InChI=1S/C25H27N5O2S/c1-15-12-18(16(2)29(15)19-10-7-11-20(14-19)32-3)13-21-22(26)30-25(27-23(21)31)33-24(28-30)17-8-5-4-6-9-17/h7,10-14,17,26H,4-6,8-9H2,1-3H3/b21-13+,26-22?. The summed E-state index contributed by atoms with van der Waals surface area (Å²) in [5.74, 6) is 0.901. The van der Waals surface area contributed by atoms with Gasteiger partial charge in [-0.2, -0.15) is 15.1 Å². The van der Waals surface area contributed by atoms with Crippen LogP contribution in [-0.2, 0) is 4.79 Å². The van der Waals surface area contributed by atoms with Crippen molar-refractivity contribution in [2.75, 3.05) is 7.11 Å². The first kappa shape index (κ1) is 21.7. The Labute approximate surface area is 197 Å². The summed E-state index contributed by atoms with van der Waals surface area (Å²) in [6.07, 6.45) is 7.69. The summed E-state index contributed by atoms with van der Waals surface area (Å²) in [6, 6.07) is 9.89. The Morgan fingerprint density at radius 3 is 2.73 bits per heavy atom. The molecule has 0 saturated heterocycles. The molecule has 0 radical (unpaired) electrons. The number of hydrogen-bond acceptors (Lipinski definition) is 5. The van der Waals surface area contributed by atoms with Crippen molar-refractivity contribution in [3.05, 3.63) is 52.9 Å².